The molecule has 2 rings (SSSR count). The summed E-state index contributed by atoms with van der Waals surface area (Å²) in [6.45, 7) is 3.28. The molecule has 0 aliphatic rings. The fraction of sp³-hybridized carbons (Fsp3) is 0.286. The third kappa shape index (κ3) is 4.28. The van der Waals surface area contributed by atoms with E-state index in [-0.39, 0.29) is 11.9 Å². The van der Waals surface area contributed by atoms with E-state index in [1.54, 1.807) is 18.6 Å². The maximum Gasteiger partial charge on any atom is 0.170 e. The van der Waals surface area contributed by atoms with Crippen molar-refractivity contribution in [1.82, 2.24) is 14.9 Å². The molecule has 7 heteroatoms. The number of nitrogens with two attached hydrogens (primary N) is 1. The van der Waals surface area contributed by atoms with E-state index in [9.17, 15) is 4.39 Å². The molecule has 21 heavy (non-hydrogen) atoms. The first-order valence-corrected chi connectivity index (χ1v) is 6.55. The lowest BCUT2D eigenvalue weighted by molar-refractivity contribution is 0.318. The van der Waals surface area contributed by atoms with Crippen molar-refractivity contribution in [3.8, 4) is 0 Å². The third-order valence-corrected chi connectivity index (χ3v) is 3.06. The van der Waals surface area contributed by atoms with Gasteiger partial charge in [0.05, 0.1) is 6.33 Å². The minimum Gasteiger partial charge on any atom is -0.409 e. The summed E-state index contributed by atoms with van der Waals surface area (Å²) in [5, 5.41) is 14.8. The number of aromatic nitrogens is 2. The van der Waals surface area contributed by atoms with Gasteiger partial charge >= 0.3 is 0 Å². The molecule has 0 fully saturated rings. The molecule has 0 amide bonds. The fourth-order valence-corrected chi connectivity index (χ4v) is 2.03. The number of nitrogens with one attached hydrogen (secondary N) is 1. The van der Waals surface area contributed by atoms with Crippen LogP contribution in [-0.4, -0.2) is 26.6 Å². The molecule has 0 aliphatic heterocycles. The molecule has 0 radical (unpaired) electrons. The van der Waals surface area contributed by atoms with E-state index in [1.165, 1.54) is 12.1 Å². The van der Waals surface area contributed by atoms with E-state index in [1.807, 2.05) is 17.7 Å². The zero-order chi connectivity index (χ0) is 15.2. The largest absolute Gasteiger partial charge is 0.409 e. The van der Waals surface area contributed by atoms with Crippen molar-refractivity contribution in [2.45, 2.75) is 26.1 Å². The summed E-state index contributed by atoms with van der Waals surface area (Å²) < 4.78 is 15.5. The average molecular weight is 291 g/mol. The van der Waals surface area contributed by atoms with E-state index in [2.05, 4.69) is 15.5 Å². The van der Waals surface area contributed by atoms with Crippen molar-refractivity contribution in [3.63, 3.8) is 0 Å². The number of nitrogens with zero attached hydrogens (tertiary/aromatic N) is 3. The number of hydrogen-bond acceptors (Lipinski definition) is 4. The molecule has 0 bridgehead atoms. The summed E-state index contributed by atoms with van der Waals surface area (Å²) in [4.78, 5) is 3.98. The van der Waals surface area contributed by atoms with Crippen LogP contribution in [0.3, 0.4) is 0 Å². The molecule has 1 heterocycles. The highest BCUT2D eigenvalue weighted by atomic mass is 19.1. The Morgan fingerprint density at radius 1 is 1.52 bits per heavy atom. The van der Waals surface area contributed by atoms with Crippen LogP contribution in [0, 0.1) is 5.82 Å². The van der Waals surface area contributed by atoms with Crippen molar-refractivity contribution in [2.75, 3.05) is 0 Å². The topological polar surface area (TPSA) is 88.5 Å². The van der Waals surface area contributed by atoms with Crippen LogP contribution in [0.1, 0.15) is 18.1 Å². The minimum atomic E-state index is -0.418. The predicted molar refractivity (Wildman–Crippen MR) is 77.4 cm³/mol. The van der Waals surface area contributed by atoms with Gasteiger partial charge in [-0.25, -0.2) is 9.37 Å². The summed E-state index contributed by atoms with van der Waals surface area (Å²) in [5.41, 5.74) is 6.57. The molecule has 1 aromatic carbocycles. The summed E-state index contributed by atoms with van der Waals surface area (Å²) in [6.07, 6.45) is 5.36. The van der Waals surface area contributed by atoms with Crippen LogP contribution in [0.4, 0.5) is 4.39 Å². The van der Waals surface area contributed by atoms with E-state index in [0.29, 0.717) is 12.1 Å². The number of rotatable bonds is 6. The van der Waals surface area contributed by atoms with Crippen molar-refractivity contribution in [3.05, 3.63) is 53.9 Å². The molecule has 1 unspecified atom stereocenters. The monoisotopic (exact) mass is 291 g/mol. The highest BCUT2D eigenvalue weighted by Crippen LogP contribution is 2.09. The lowest BCUT2D eigenvalue weighted by Gasteiger charge is -2.15. The second-order valence-corrected chi connectivity index (χ2v) is 4.87. The fourth-order valence-electron chi connectivity index (χ4n) is 2.03. The molecule has 1 atom stereocenters. The second-order valence-electron chi connectivity index (χ2n) is 4.87. The van der Waals surface area contributed by atoms with Gasteiger partial charge in [-0.3, -0.25) is 0 Å². The molecular weight excluding hydrogens is 273 g/mol. The van der Waals surface area contributed by atoms with Gasteiger partial charge in [-0.1, -0.05) is 5.16 Å². The minimum absolute atomic E-state index is 0.109. The molecule has 0 saturated heterocycles. The van der Waals surface area contributed by atoms with Gasteiger partial charge in [0, 0.05) is 37.1 Å². The maximum absolute atomic E-state index is 13.5. The van der Waals surface area contributed by atoms with Crippen LogP contribution in [-0.2, 0) is 13.1 Å². The highest BCUT2D eigenvalue weighted by molar-refractivity contribution is 5.97. The van der Waals surface area contributed by atoms with Crippen LogP contribution in [0.5, 0.6) is 0 Å². The predicted octanol–water partition coefficient (Wildman–Crippen LogP) is 1.29. The van der Waals surface area contributed by atoms with E-state index >= 15 is 0 Å². The van der Waals surface area contributed by atoms with Crippen LogP contribution in [0.15, 0.2) is 42.1 Å². The Hall–Kier alpha value is -2.41. The van der Waals surface area contributed by atoms with Gasteiger partial charge in [0.1, 0.15) is 5.82 Å². The zero-order valence-electron chi connectivity index (χ0n) is 11.7. The third-order valence-electron chi connectivity index (χ3n) is 3.06. The van der Waals surface area contributed by atoms with Crippen molar-refractivity contribution >= 4 is 5.84 Å². The molecule has 4 N–H and O–H groups in total. The number of oxime groups is 1. The first kappa shape index (κ1) is 15.0. The smallest absolute Gasteiger partial charge is 0.170 e. The molecule has 6 nitrogen and oxygen atoms in total. The SMILES string of the molecule is CC(Cn1ccnc1)NCc1cc(F)cc(/C(N)=N/O)c1. The Balaban J connectivity index is 1.98. The van der Waals surface area contributed by atoms with E-state index in [4.69, 9.17) is 10.9 Å². The van der Waals surface area contributed by atoms with Gasteiger partial charge in [0.2, 0.25) is 0 Å². The lowest BCUT2D eigenvalue weighted by atomic mass is 10.1. The normalized spacial score (nSPS) is 13.3. The first-order chi connectivity index (χ1) is 10.1. The molecule has 0 saturated carbocycles. The van der Waals surface area contributed by atoms with Crippen molar-refractivity contribution < 1.29 is 9.60 Å². The molecule has 112 valence electrons. The summed E-state index contributed by atoms with van der Waals surface area (Å²) in [5.74, 6) is -0.527. The standard InChI is InChI=1S/C14H18FN5O/c1-10(8-20-3-2-17-9-20)18-7-11-4-12(14(16)19-21)6-13(15)5-11/h2-6,9-10,18,21H,7-8H2,1H3,(H2,16,19). The summed E-state index contributed by atoms with van der Waals surface area (Å²) in [7, 11) is 0. The number of imidazole rings is 1. The lowest BCUT2D eigenvalue weighted by Crippen LogP contribution is -2.29. The average Bonchev–Trinajstić information content (AvgIpc) is 2.96. The second kappa shape index (κ2) is 6.85. The Bertz CT molecular complexity index is 612. The maximum atomic E-state index is 13.5. The Morgan fingerprint density at radius 3 is 3.00 bits per heavy atom. The van der Waals surface area contributed by atoms with Gasteiger partial charge in [-0.15, -0.1) is 0 Å². The van der Waals surface area contributed by atoms with Gasteiger partial charge in [-0.05, 0) is 30.7 Å². The van der Waals surface area contributed by atoms with Crippen LogP contribution >= 0.6 is 0 Å². The summed E-state index contributed by atoms with van der Waals surface area (Å²) in [6, 6.07) is 4.53. The van der Waals surface area contributed by atoms with Crippen LogP contribution in [0.25, 0.3) is 0 Å². The molecular formula is C14H18FN5O. The van der Waals surface area contributed by atoms with Crippen LogP contribution in [0.2, 0.25) is 0 Å². The van der Waals surface area contributed by atoms with E-state index in [0.717, 1.165) is 12.1 Å². The van der Waals surface area contributed by atoms with Gasteiger partial charge in [-0.2, -0.15) is 0 Å². The Labute approximate surface area is 122 Å². The number of hydrogen-bond donors (Lipinski definition) is 3. The van der Waals surface area contributed by atoms with Crippen LogP contribution < -0.4 is 11.1 Å². The van der Waals surface area contributed by atoms with Gasteiger partial charge < -0.3 is 20.8 Å². The molecule has 2 aromatic rings. The van der Waals surface area contributed by atoms with Gasteiger partial charge in [0.25, 0.3) is 0 Å². The highest BCUT2D eigenvalue weighted by Gasteiger charge is 2.07. The number of benzene rings is 1. The zero-order valence-corrected chi connectivity index (χ0v) is 11.7. The quantitative estimate of drug-likeness (QED) is 0.324. The molecule has 0 aliphatic carbocycles. The molecule has 0 spiro atoms. The first-order valence-electron chi connectivity index (χ1n) is 6.55. The number of amidine groups is 1. The number of halogens is 1. The van der Waals surface area contributed by atoms with Crippen molar-refractivity contribution in [2.24, 2.45) is 10.9 Å². The molecule has 1 aromatic heterocycles. The van der Waals surface area contributed by atoms with Gasteiger partial charge in [0.15, 0.2) is 5.84 Å². The Kier molecular flexibility index (Phi) is 4.89. The van der Waals surface area contributed by atoms with E-state index < -0.39 is 5.82 Å². The summed E-state index contributed by atoms with van der Waals surface area (Å²) >= 11 is 0. The Morgan fingerprint density at radius 2 is 2.33 bits per heavy atom. The van der Waals surface area contributed by atoms with Crippen molar-refractivity contribution in [1.29, 1.82) is 0 Å².